The van der Waals surface area contributed by atoms with Crippen molar-refractivity contribution < 1.29 is 13.6 Å². The molecule has 2 aromatic heterocycles. The molecule has 3 heterocycles. The predicted octanol–water partition coefficient (Wildman–Crippen LogP) is 4.59. The number of nitrogens with one attached hydrogen (secondary N) is 1. The van der Waals surface area contributed by atoms with Gasteiger partial charge in [0.05, 0.1) is 17.4 Å². The number of rotatable bonds is 4. The summed E-state index contributed by atoms with van der Waals surface area (Å²) in [5.74, 6) is -1.44. The number of hydrogen-bond acceptors (Lipinski definition) is 5. The summed E-state index contributed by atoms with van der Waals surface area (Å²) in [7, 11) is 0. The standard InChI is InChI=1S/C21H18ClF2N5O/c1-2-18(30)29-7-3-4-12(10-29)16-8-13-17(9-25-16)26-11-27-21(13)28-15-6-5-14(23)19(22)20(15)24/h2,5-6,8-9,11-12H,1,3-4,7,10H2,(H,26,27,28)/t12-/m0/s1. The lowest BCUT2D eigenvalue weighted by molar-refractivity contribution is -0.127. The summed E-state index contributed by atoms with van der Waals surface area (Å²) < 4.78 is 27.8. The number of carbonyl (C=O) groups is 1. The number of piperidine rings is 1. The van der Waals surface area contributed by atoms with Crippen LogP contribution in [0.15, 0.2) is 43.4 Å². The molecule has 0 saturated carbocycles. The molecule has 0 radical (unpaired) electrons. The largest absolute Gasteiger partial charge is 0.339 e. The Morgan fingerprint density at radius 3 is 2.93 bits per heavy atom. The third kappa shape index (κ3) is 3.82. The Kier molecular flexibility index (Phi) is 5.59. The van der Waals surface area contributed by atoms with Gasteiger partial charge in [-0.15, -0.1) is 0 Å². The van der Waals surface area contributed by atoms with Crippen LogP contribution in [0, 0.1) is 11.6 Å². The molecule has 1 aromatic carbocycles. The highest BCUT2D eigenvalue weighted by Crippen LogP contribution is 2.32. The Balaban J connectivity index is 1.68. The van der Waals surface area contributed by atoms with E-state index in [0.717, 1.165) is 24.6 Å². The van der Waals surface area contributed by atoms with Crippen molar-refractivity contribution in [2.45, 2.75) is 18.8 Å². The van der Waals surface area contributed by atoms with Gasteiger partial charge in [0.15, 0.2) is 5.82 Å². The van der Waals surface area contributed by atoms with Crippen LogP contribution in [0.25, 0.3) is 10.9 Å². The normalized spacial score (nSPS) is 16.5. The Hall–Kier alpha value is -3.13. The molecular formula is C21H18ClF2N5O. The minimum Gasteiger partial charge on any atom is -0.339 e. The van der Waals surface area contributed by atoms with E-state index in [1.807, 2.05) is 6.07 Å². The van der Waals surface area contributed by atoms with Crippen LogP contribution in [0.2, 0.25) is 5.02 Å². The maximum atomic E-state index is 14.3. The molecule has 3 aromatic rings. The topological polar surface area (TPSA) is 71.0 Å². The lowest BCUT2D eigenvalue weighted by Gasteiger charge is -2.31. The summed E-state index contributed by atoms with van der Waals surface area (Å²) in [5.41, 5.74) is 1.36. The number of carbonyl (C=O) groups excluding carboxylic acids is 1. The number of halogens is 3. The molecule has 4 rings (SSSR count). The van der Waals surface area contributed by atoms with Crippen molar-refractivity contribution in [1.82, 2.24) is 19.9 Å². The minimum atomic E-state index is -0.899. The zero-order valence-electron chi connectivity index (χ0n) is 15.9. The van der Waals surface area contributed by atoms with Crippen molar-refractivity contribution in [3.63, 3.8) is 0 Å². The maximum Gasteiger partial charge on any atom is 0.245 e. The molecule has 1 fully saturated rings. The molecule has 0 aliphatic carbocycles. The number of hydrogen-bond donors (Lipinski definition) is 1. The zero-order valence-corrected chi connectivity index (χ0v) is 16.7. The van der Waals surface area contributed by atoms with E-state index in [2.05, 4.69) is 26.8 Å². The van der Waals surface area contributed by atoms with Gasteiger partial charge in [-0.05, 0) is 37.1 Å². The van der Waals surface area contributed by atoms with Crippen LogP contribution in [-0.2, 0) is 4.79 Å². The molecule has 1 N–H and O–H groups in total. The average Bonchev–Trinajstić information content (AvgIpc) is 2.79. The number of aromatic nitrogens is 3. The Bertz CT molecular complexity index is 1140. The van der Waals surface area contributed by atoms with Crippen LogP contribution >= 0.6 is 11.6 Å². The lowest BCUT2D eigenvalue weighted by Crippen LogP contribution is -2.38. The van der Waals surface area contributed by atoms with E-state index < -0.39 is 16.7 Å². The van der Waals surface area contributed by atoms with Gasteiger partial charge in [0, 0.05) is 30.1 Å². The molecule has 0 unspecified atom stereocenters. The van der Waals surface area contributed by atoms with Crippen molar-refractivity contribution in [2.75, 3.05) is 18.4 Å². The summed E-state index contributed by atoms with van der Waals surface area (Å²) in [6, 6.07) is 4.18. The van der Waals surface area contributed by atoms with Gasteiger partial charge in [-0.1, -0.05) is 18.2 Å². The fourth-order valence-corrected chi connectivity index (χ4v) is 3.76. The van der Waals surface area contributed by atoms with Gasteiger partial charge < -0.3 is 10.2 Å². The third-order valence-corrected chi connectivity index (χ3v) is 5.50. The van der Waals surface area contributed by atoms with Gasteiger partial charge >= 0.3 is 0 Å². The molecule has 1 amide bonds. The molecule has 154 valence electrons. The SMILES string of the molecule is C=CC(=O)N1CCC[C@H](c2cc3c(Nc4ccc(F)c(Cl)c4F)ncnc3cn2)C1. The summed E-state index contributed by atoms with van der Waals surface area (Å²) in [4.78, 5) is 26.7. The first kappa shape index (κ1) is 20.2. The van der Waals surface area contributed by atoms with E-state index in [0.29, 0.717) is 29.8 Å². The van der Waals surface area contributed by atoms with Crippen LogP contribution in [0.1, 0.15) is 24.5 Å². The first-order valence-electron chi connectivity index (χ1n) is 9.40. The summed E-state index contributed by atoms with van der Waals surface area (Å²) >= 11 is 5.67. The van der Waals surface area contributed by atoms with Gasteiger partial charge in [-0.3, -0.25) is 9.78 Å². The first-order chi connectivity index (χ1) is 14.5. The van der Waals surface area contributed by atoms with E-state index in [4.69, 9.17) is 11.6 Å². The number of nitrogens with zero attached hydrogens (tertiary/aromatic N) is 4. The average molecular weight is 430 g/mol. The molecule has 0 bridgehead atoms. The van der Waals surface area contributed by atoms with E-state index in [1.54, 1.807) is 11.1 Å². The van der Waals surface area contributed by atoms with Gasteiger partial charge in [0.2, 0.25) is 5.91 Å². The fourth-order valence-electron chi connectivity index (χ4n) is 3.60. The third-order valence-electron chi connectivity index (χ3n) is 5.16. The van der Waals surface area contributed by atoms with Crippen molar-refractivity contribution in [1.29, 1.82) is 0 Å². The van der Waals surface area contributed by atoms with Gasteiger partial charge in [0.1, 0.15) is 23.0 Å². The van der Waals surface area contributed by atoms with Gasteiger partial charge in [-0.2, -0.15) is 0 Å². The van der Waals surface area contributed by atoms with Crippen LogP contribution in [-0.4, -0.2) is 38.8 Å². The highest BCUT2D eigenvalue weighted by atomic mass is 35.5. The van der Waals surface area contributed by atoms with Crippen LogP contribution < -0.4 is 5.32 Å². The highest BCUT2D eigenvalue weighted by Gasteiger charge is 2.25. The molecule has 6 nitrogen and oxygen atoms in total. The molecule has 1 aliphatic heterocycles. The van der Waals surface area contributed by atoms with E-state index in [1.165, 1.54) is 18.5 Å². The summed E-state index contributed by atoms with van der Waals surface area (Å²) in [5, 5.41) is 2.91. The number of fused-ring (bicyclic) bond motifs is 1. The number of benzene rings is 1. The van der Waals surface area contributed by atoms with Crippen LogP contribution in [0.4, 0.5) is 20.3 Å². The fraction of sp³-hybridized carbons (Fsp3) is 0.238. The van der Waals surface area contributed by atoms with Crippen molar-refractivity contribution in [2.24, 2.45) is 0 Å². The molecule has 9 heteroatoms. The Labute approximate surface area is 176 Å². The quantitative estimate of drug-likeness (QED) is 0.485. The molecule has 1 atom stereocenters. The van der Waals surface area contributed by atoms with E-state index in [-0.39, 0.29) is 17.5 Å². The second-order valence-electron chi connectivity index (χ2n) is 7.02. The number of pyridine rings is 1. The number of likely N-dealkylation sites (tertiary alicyclic amines) is 1. The smallest absolute Gasteiger partial charge is 0.245 e. The predicted molar refractivity (Wildman–Crippen MR) is 111 cm³/mol. The van der Waals surface area contributed by atoms with E-state index in [9.17, 15) is 13.6 Å². The second-order valence-corrected chi connectivity index (χ2v) is 7.40. The molecule has 1 saturated heterocycles. The van der Waals surface area contributed by atoms with Crippen LogP contribution in [0.3, 0.4) is 0 Å². The number of amides is 1. The number of anilines is 2. The van der Waals surface area contributed by atoms with Crippen molar-refractivity contribution >= 4 is 39.9 Å². The summed E-state index contributed by atoms with van der Waals surface area (Å²) in [6.07, 6.45) is 6.02. The lowest BCUT2D eigenvalue weighted by atomic mass is 9.93. The monoisotopic (exact) mass is 429 g/mol. The molecular weight excluding hydrogens is 412 g/mol. The molecule has 0 spiro atoms. The second kappa shape index (κ2) is 8.31. The molecule has 1 aliphatic rings. The maximum absolute atomic E-state index is 14.3. The van der Waals surface area contributed by atoms with Crippen LogP contribution in [0.5, 0.6) is 0 Å². The Morgan fingerprint density at radius 2 is 2.13 bits per heavy atom. The Morgan fingerprint density at radius 1 is 1.30 bits per heavy atom. The zero-order chi connectivity index (χ0) is 21.3. The highest BCUT2D eigenvalue weighted by molar-refractivity contribution is 6.31. The first-order valence-corrected chi connectivity index (χ1v) is 9.78. The van der Waals surface area contributed by atoms with Crippen molar-refractivity contribution in [3.8, 4) is 0 Å². The van der Waals surface area contributed by atoms with E-state index >= 15 is 0 Å². The minimum absolute atomic E-state index is 0.000170. The van der Waals surface area contributed by atoms with Gasteiger partial charge in [-0.25, -0.2) is 18.7 Å². The van der Waals surface area contributed by atoms with Gasteiger partial charge in [0.25, 0.3) is 0 Å². The van der Waals surface area contributed by atoms with Crippen molar-refractivity contribution in [3.05, 3.63) is 65.7 Å². The molecule has 30 heavy (non-hydrogen) atoms. The summed E-state index contributed by atoms with van der Waals surface area (Å²) in [6.45, 7) is 4.78.